The van der Waals surface area contributed by atoms with Crippen LogP contribution in [0.1, 0.15) is 36.2 Å². The van der Waals surface area contributed by atoms with Gasteiger partial charge in [0.1, 0.15) is 0 Å². The van der Waals surface area contributed by atoms with Gasteiger partial charge in [0.05, 0.1) is 5.69 Å². The number of hydrogen-bond donors (Lipinski definition) is 0. The molecule has 2 aromatic heterocycles. The quantitative estimate of drug-likeness (QED) is 0.872. The van der Waals surface area contributed by atoms with Crippen LogP contribution in [0.4, 0.5) is 0 Å². The van der Waals surface area contributed by atoms with Gasteiger partial charge in [-0.15, -0.1) is 0 Å². The summed E-state index contributed by atoms with van der Waals surface area (Å²) in [6, 6.07) is 9.79. The Kier molecular flexibility index (Phi) is 4.07. The number of allylic oxidation sites excluding steroid dienone is 1. The maximum Gasteiger partial charge on any atom is 0.250 e. The van der Waals surface area contributed by atoms with Crippen molar-refractivity contribution in [3.05, 3.63) is 69.9 Å². The van der Waals surface area contributed by atoms with Gasteiger partial charge in [0, 0.05) is 50.1 Å². The van der Waals surface area contributed by atoms with Crippen LogP contribution < -0.4 is 5.56 Å². The highest BCUT2D eigenvalue weighted by Crippen LogP contribution is 2.37. The fraction of sp³-hybridized carbons (Fsp3) is 0.400. The third-order valence-electron chi connectivity index (χ3n) is 5.16. The number of nitrogens with zero attached hydrogens (tertiary/aromatic N) is 3. The van der Waals surface area contributed by atoms with E-state index in [0.717, 1.165) is 31.9 Å². The van der Waals surface area contributed by atoms with Crippen LogP contribution >= 0.6 is 0 Å². The normalized spacial score (nSPS) is 23.4. The van der Waals surface area contributed by atoms with Crippen LogP contribution in [-0.4, -0.2) is 27.5 Å². The predicted molar refractivity (Wildman–Crippen MR) is 95.8 cm³/mol. The molecule has 1 fully saturated rings. The van der Waals surface area contributed by atoms with Crippen molar-refractivity contribution in [1.29, 1.82) is 0 Å². The molecule has 1 saturated heterocycles. The monoisotopic (exact) mass is 321 g/mol. The first kappa shape index (κ1) is 15.3. The van der Waals surface area contributed by atoms with Crippen molar-refractivity contribution < 1.29 is 0 Å². The second kappa shape index (κ2) is 6.36. The van der Waals surface area contributed by atoms with Crippen LogP contribution in [0.5, 0.6) is 0 Å². The van der Waals surface area contributed by atoms with E-state index in [9.17, 15) is 4.79 Å². The van der Waals surface area contributed by atoms with Gasteiger partial charge in [-0.1, -0.05) is 18.2 Å². The number of likely N-dealkylation sites (tertiary alicyclic amines) is 1. The van der Waals surface area contributed by atoms with Crippen LogP contribution in [0.2, 0.25) is 0 Å². The molecule has 4 heterocycles. The molecule has 2 aliphatic heterocycles. The number of aromatic nitrogens is 2. The summed E-state index contributed by atoms with van der Waals surface area (Å²) < 4.78 is 2.02. The Morgan fingerprint density at radius 3 is 2.92 bits per heavy atom. The number of pyridine rings is 2. The SMILES string of the molecule is CC=Cc1ccc(=O)n2c1C1CC(CN(Cc3ccccn3)C1)C2. The summed E-state index contributed by atoms with van der Waals surface area (Å²) in [5, 5.41) is 0. The average Bonchev–Trinajstić information content (AvgIpc) is 2.58. The van der Waals surface area contributed by atoms with Gasteiger partial charge in [-0.3, -0.25) is 14.7 Å². The standard InChI is InChI=1S/C20H23N3O/c1-2-5-16-7-8-19(24)23-12-15-10-17(20(16)23)13-22(11-15)14-18-6-3-4-9-21-18/h2-9,15,17H,10-14H2,1H3. The number of hydrogen-bond acceptors (Lipinski definition) is 3. The molecule has 4 nitrogen and oxygen atoms in total. The zero-order valence-electron chi connectivity index (χ0n) is 14.1. The molecule has 2 bridgehead atoms. The highest BCUT2D eigenvalue weighted by atomic mass is 16.1. The van der Waals surface area contributed by atoms with E-state index < -0.39 is 0 Å². The second-order valence-electron chi connectivity index (χ2n) is 6.94. The molecule has 0 spiro atoms. The lowest BCUT2D eigenvalue weighted by molar-refractivity contribution is 0.113. The highest BCUT2D eigenvalue weighted by Gasteiger charge is 2.35. The molecule has 0 saturated carbocycles. The zero-order valence-corrected chi connectivity index (χ0v) is 14.1. The molecule has 2 atom stereocenters. The third-order valence-corrected chi connectivity index (χ3v) is 5.16. The average molecular weight is 321 g/mol. The summed E-state index contributed by atoms with van der Waals surface area (Å²) in [5.41, 5.74) is 3.69. The summed E-state index contributed by atoms with van der Waals surface area (Å²) in [5.74, 6) is 0.986. The Morgan fingerprint density at radius 1 is 1.21 bits per heavy atom. The van der Waals surface area contributed by atoms with E-state index in [1.54, 1.807) is 6.07 Å². The molecular formula is C20H23N3O. The van der Waals surface area contributed by atoms with E-state index in [1.165, 1.54) is 17.7 Å². The molecule has 0 radical (unpaired) electrons. The molecule has 0 aliphatic carbocycles. The summed E-state index contributed by atoms with van der Waals surface area (Å²) in [7, 11) is 0. The zero-order chi connectivity index (χ0) is 16.5. The van der Waals surface area contributed by atoms with Crippen molar-refractivity contribution in [2.45, 2.75) is 32.4 Å². The van der Waals surface area contributed by atoms with Gasteiger partial charge >= 0.3 is 0 Å². The van der Waals surface area contributed by atoms with Crippen LogP contribution in [-0.2, 0) is 13.1 Å². The molecule has 4 heteroatoms. The predicted octanol–water partition coefficient (Wildman–Crippen LogP) is 2.90. The molecule has 0 N–H and O–H groups in total. The first-order valence-electron chi connectivity index (χ1n) is 8.73. The van der Waals surface area contributed by atoms with Gasteiger partial charge in [-0.2, -0.15) is 0 Å². The van der Waals surface area contributed by atoms with Gasteiger partial charge in [-0.05, 0) is 43.0 Å². The minimum Gasteiger partial charge on any atom is -0.311 e. The molecule has 4 rings (SSSR count). The largest absolute Gasteiger partial charge is 0.311 e. The van der Waals surface area contributed by atoms with Crippen molar-refractivity contribution in [1.82, 2.24) is 14.5 Å². The lowest BCUT2D eigenvalue weighted by atomic mass is 9.81. The van der Waals surface area contributed by atoms with Gasteiger partial charge in [0.15, 0.2) is 0 Å². The Labute approximate surface area is 142 Å². The Morgan fingerprint density at radius 2 is 2.12 bits per heavy atom. The van der Waals surface area contributed by atoms with Gasteiger partial charge in [-0.25, -0.2) is 0 Å². The molecule has 2 aliphatic rings. The minimum atomic E-state index is 0.145. The number of rotatable bonds is 3. The molecule has 124 valence electrons. The summed E-state index contributed by atoms with van der Waals surface area (Å²) in [6.45, 7) is 5.81. The minimum absolute atomic E-state index is 0.145. The Hall–Kier alpha value is -2.20. The van der Waals surface area contributed by atoms with E-state index in [4.69, 9.17) is 0 Å². The van der Waals surface area contributed by atoms with E-state index in [-0.39, 0.29) is 5.56 Å². The first-order valence-corrected chi connectivity index (χ1v) is 8.73. The van der Waals surface area contributed by atoms with Crippen LogP contribution in [0, 0.1) is 5.92 Å². The molecule has 2 aromatic rings. The summed E-state index contributed by atoms with van der Waals surface area (Å²) in [6.07, 6.45) is 7.23. The van der Waals surface area contributed by atoms with Crippen molar-refractivity contribution in [3.63, 3.8) is 0 Å². The van der Waals surface area contributed by atoms with Crippen LogP contribution in [0.15, 0.2) is 47.4 Å². The number of fused-ring (bicyclic) bond motifs is 4. The maximum atomic E-state index is 12.3. The van der Waals surface area contributed by atoms with Crippen molar-refractivity contribution in [3.8, 4) is 0 Å². The molecule has 0 aromatic carbocycles. The smallest absolute Gasteiger partial charge is 0.250 e. The molecule has 0 amide bonds. The fourth-order valence-corrected chi connectivity index (χ4v) is 4.32. The molecular weight excluding hydrogens is 298 g/mol. The molecule has 2 unspecified atom stereocenters. The maximum absolute atomic E-state index is 12.3. The van der Waals surface area contributed by atoms with E-state index in [0.29, 0.717) is 11.8 Å². The van der Waals surface area contributed by atoms with Gasteiger partial charge in [0.25, 0.3) is 5.56 Å². The first-order chi connectivity index (χ1) is 11.7. The van der Waals surface area contributed by atoms with Crippen molar-refractivity contribution >= 4 is 6.08 Å². The lowest BCUT2D eigenvalue weighted by Crippen LogP contribution is -2.47. The summed E-state index contributed by atoms with van der Waals surface area (Å²) >= 11 is 0. The third kappa shape index (κ3) is 2.82. The van der Waals surface area contributed by atoms with Gasteiger partial charge in [0.2, 0.25) is 0 Å². The van der Waals surface area contributed by atoms with Crippen LogP contribution in [0.3, 0.4) is 0 Å². The lowest BCUT2D eigenvalue weighted by Gasteiger charge is -2.43. The second-order valence-corrected chi connectivity index (χ2v) is 6.94. The Bertz CT molecular complexity index is 809. The van der Waals surface area contributed by atoms with Crippen molar-refractivity contribution in [2.24, 2.45) is 5.92 Å². The van der Waals surface area contributed by atoms with E-state index in [1.807, 2.05) is 35.9 Å². The van der Waals surface area contributed by atoms with Crippen LogP contribution in [0.25, 0.3) is 6.08 Å². The topological polar surface area (TPSA) is 38.1 Å². The summed E-state index contributed by atoms with van der Waals surface area (Å²) in [4.78, 5) is 19.3. The van der Waals surface area contributed by atoms with E-state index in [2.05, 4.69) is 28.1 Å². The van der Waals surface area contributed by atoms with Crippen molar-refractivity contribution in [2.75, 3.05) is 13.1 Å². The highest BCUT2D eigenvalue weighted by molar-refractivity contribution is 5.53. The van der Waals surface area contributed by atoms with Gasteiger partial charge < -0.3 is 4.57 Å². The Balaban J connectivity index is 1.65. The number of piperidine rings is 1. The van der Waals surface area contributed by atoms with E-state index >= 15 is 0 Å². The molecule has 24 heavy (non-hydrogen) atoms. The fourth-order valence-electron chi connectivity index (χ4n) is 4.32.